The minimum Gasteiger partial charge on any atom is -0.465 e. The Bertz CT molecular complexity index is 763. The van der Waals surface area contributed by atoms with Crippen LogP contribution < -0.4 is 5.32 Å². The molecule has 7 nitrogen and oxygen atoms in total. The van der Waals surface area contributed by atoms with E-state index >= 15 is 0 Å². The van der Waals surface area contributed by atoms with Crippen molar-refractivity contribution in [2.45, 2.75) is 24.1 Å². The lowest BCUT2D eigenvalue weighted by Gasteiger charge is -2.18. The van der Waals surface area contributed by atoms with E-state index in [1.807, 2.05) is 0 Å². The summed E-state index contributed by atoms with van der Waals surface area (Å²) < 4.78 is 75.1. The van der Waals surface area contributed by atoms with E-state index in [0.717, 1.165) is 16.4 Å². The van der Waals surface area contributed by atoms with Crippen LogP contribution >= 0.6 is 0 Å². The zero-order valence-corrected chi connectivity index (χ0v) is 15.0. The lowest BCUT2D eigenvalue weighted by molar-refractivity contribution is -0.141. The molecule has 26 heavy (non-hydrogen) atoms. The van der Waals surface area contributed by atoms with E-state index in [2.05, 4.69) is 10.1 Å². The largest absolute Gasteiger partial charge is 0.465 e. The highest BCUT2D eigenvalue weighted by Gasteiger charge is 2.35. The van der Waals surface area contributed by atoms with Gasteiger partial charge in [0.2, 0.25) is 10.0 Å². The molecule has 1 aliphatic rings. The van der Waals surface area contributed by atoms with Crippen LogP contribution in [0.1, 0.15) is 12.5 Å². The number of nitrogens with one attached hydrogen (secondary N) is 1. The number of carbonyl (C=O) groups excluding carboxylic acids is 1. The first-order valence-corrected chi connectivity index (χ1v) is 9.17. The average Bonchev–Trinajstić information content (AvgIpc) is 3.36. The van der Waals surface area contributed by atoms with Crippen LogP contribution in [0, 0.1) is 0 Å². The molecule has 1 fully saturated rings. The van der Waals surface area contributed by atoms with Crippen LogP contribution in [-0.4, -0.2) is 58.1 Å². The van der Waals surface area contributed by atoms with Crippen molar-refractivity contribution in [1.29, 1.82) is 0 Å². The number of alkyl halides is 3. The van der Waals surface area contributed by atoms with Gasteiger partial charge in [-0.15, -0.1) is 0 Å². The van der Waals surface area contributed by atoms with Crippen molar-refractivity contribution in [3.05, 3.63) is 23.8 Å². The van der Waals surface area contributed by atoms with Crippen molar-refractivity contribution in [1.82, 2.24) is 4.31 Å². The van der Waals surface area contributed by atoms with Gasteiger partial charge in [-0.05, 0) is 25.1 Å². The summed E-state index contributed by atoms with van der Waals surface area (Å²) in [5, 5.41) is 2.46. The number of carbonyl (C=O) groups is 1. The number of hydrogen-bond donors (Lipinski definition) is 1. The van der Waals surface area contributed by atoms with Gasteiger partial charge in [0, 0.05) is 19.3 Å². The van der Waals surface area contributed by atoms with E-state index in [9.17, 15) is 26.4 Å². The van der Waals surface area contributed by atoms with E-state index in [1.54, 1.807) is 6.92 Å². The molecule has 11 heteroatoms. The molecular formula is C15H19F3N2O5S. The van der Waals surface area contributed by atoms with Gasteiger partial charge in [-0.3, -0.25) is 4.79 Å². The quantitative estimate of drug-likeness (QED) is 0.532. The molecule has 2 rings (SSSR count). The lowest BCUT2D eigenvalue weighted by Crippen LogP contribution is -2.31. The predicted octanol–water partition coefficient (Wildman–Crippen LogP) is 1.70. The number of nitrogens with zero attached hydrogens (tertiary/aromatic N) is 1. The summed E-state index contributed by atoms with van der Waals surface area (Å²) in [5.74, 6) is -0.669. The third-order valence-electron chi connectivity index (χ3n) is 3.55. The second-order valence-corrected chi connectivity index (χ2v) is 7.69. The summed E-state index contributed by atoms with van der Waals surface area (Å²) in [4.78, 5) is 10.8. The summed E-state index contributed by atoms with van der Waals surface area (Å²) >= 11 is 0. The molecule has 0 unspecified atom stereocenters. The molecule has 0 aliphatic carbocycles. The Morgan fingerprint density at radius 2 is 2.04 bits per heavy atom. The number of halogens is 3. The van der Waals surface area contributed by atoms with Gasteiger partial charge in [-0.1, -0.05) is 0 Å². The number of likely N-dealkylation sites (N-methyl/N-ethyl adjacent to an activating group) is 1. The van der Waals surface area contributed by atoms with E-state index in [-0.39, 0.29) is 31.5 Å². The molecule has 1 N–H and O–H groups in total. The molecule has 1 atom stereocenters. The minimum absolute atomic E-state index is 0.0458. The smallest absolute Gasteiger partial charge is 0.416 e. The highest BCUT2D eigenvalue weighted by Crippen LogP contribution is 2.34. The van der Waals surface area contributed by atoms with Crippen LogP contribution in [0.2, 0.25) is 0 Å². The van der Waals surface area contributed by atoms with Crippen LogP contribution in [0.4, 0.5) is 18.9 Å². The molecule has 1 aromatic carbocycles. The number of sulfonamides is 1. The topological polar surface area (TPSA) is 88.2 Å². The Morgan fingerprint density at radius 3 is 2.58 bits per heavy atom. The van der Waals surface area contributed by atoms with Crippen molar-refractivity contribution >= 4 is 21.7 Å². The van der Waals surface area contributed by atoms with Gasteiger partial charge >= 0.3 is 12.1 Å². The summed E-state index contributed by atoms with van der Waals surface area (Å²) in [6.45, 7) is 1.78. The summed E-state index contributed by atoms with van der Waals surface area (Å²) in [6.07, 6.45) is -4.99. The Hall–Kier alpha value is -1.85. The number of epoxide rings is 1. The third-order valence-corrected chi connectivity index (χ3v) is 5.35. The van der Waals surface area contributed by atoms with Gasteiger partial charge in [0.1, 0.15) is 6.54 Å². The van der Waals surface area contributed by atoms with Gasteiger partial charge < -0.3 is 14.8 Å². The molecule has 1 heterocycles. The first kappa shape index (κ1) is 20.5. The van der Waals surface area contributed by atoms with Gasteiger partial charge in [-0.2, -0.15) is 17.5 Å². The molecule has 1 aliphatic heterocycles. The maximum atomic E-state index is 13.1. The van der Waals surface area contributed by atoms with E-state index in [0.29, 0.717) is 12.7 Å². The molecule has 1 saturated heterocycles. The van der Waals surface area contributed by atoms with Gasteiger partial charge in [0.05, 0.1) is 29.8 Å². The normalized spacial score (nSPS) is 17.2. The predicted molar refractivity (Wildman–Crippen MR) is 86.1 cm³/mol. The van der Waals surface area contributed by atoms with Gasteiger partial charge in [-0.25, -0.2) is 8.42 Å². The van der Waals surface area contributed by atoms with Crippen molar-refractivity contribution in [2.24, 2.45) is 0 Å². The fourth-order valence-corrected chi connectivity index (χ4v) is 3.41. The monoisotopic (exact) mass is 396 g/mol. The van der Waals surface area contributed by atoms with Crippen molar-refractivity contribution in [3.63, 3.8) is 0 Å². The fraction of sp³-hybridized carbons (Fsp3) is 0.533. The number of benzene rings is 1. The van der Waals surface area contributed by atoms with Crippen LogP contribution in [-0.2, 0) is 30.5 Å². The molecule has 0 bridgehead atoms. The highest BCUT2D eigenvalue weighted by molar-refractivity contribution is 7.89. The SMILES string of the molecule is CCOC(=O)CNc1cc(C(F)(F)F)cc(S(=O)(=O)N(C)C[C@H]2CO2)c1. The second kappa shape index (κ2) is 7.80. The maximum absolute atomic E-state index is 13.1. The molecular weight excluding hydrogens is 377 g/mol. The number of rotatable bonds is 8. The molecule has 0 aromatic heterocycles. The standard InChI is InChI=1S/C15H19F3N2O5S/c1-3-24-14(21)7-19-11-4-10(15(16,17)18)5-13(6-11)26(22,23)20(2)8-12-9-25-12/h4-6,12,19H,3,7-9H2,1-2H3/t12-/m0/s1. The highest BCUT2D eigenvalue weighted by atomic mass is 32.2. The molecule has 0 radical (unpaired) electrons. The first-order chi connectivity index (χ1) is 12.0. The van der Waals surface area contributed by atoms with E-state index in [1.165, 1.54) is 7.05 Å². The Kier molecular flexibility index (Phi) is 6.14. The molecule has 0 spiro atoms. The zero-order valence-electron chi connectivity index (χ0n) is 14.2. The molecule has 0 amide bonds. The number of hydrogen-bond acceptors (Lipinski definition) is 6. The fourth-order valence-electron chi connectivity index (χ4n) is 2.14. The number of ether oxygens (including phenoxy) is 2. The zero-order chi connectivity index (χ0) is 19.5. The molecule has 1 aromatic rings. The van der Waals surface area contributed by atoms with Gasteiger partial charge in [0.25, 0.3) is 0 Å². The first-order valence-electron chi connectivity index (χ1n) is 7.73. The maximum Gasteiger partial charge on any atom is 0.416 e. The number of anilines is 1. The van der Waals surface area contributed by atoms with Crippen molar-refractivity contribution in [3.8, 4) is 0 Å². The van der Waals surface area contributed by atoms with Crippen LogP contribution in [0.5, 0.6) is 0 Å². The van der Waals surface area contributed by atoms with E-state index < -0.39 is 32.6 Å². The minimum atomic E-state index is -4.75. The molecule has 146 valence electrons. The summed E-state index contributed by atoms with van der Waals surface area (Å²) in [7, 11) is -2.88. The van der Waals surface area contributed by atoms with Crippen molar-refractivity contribution < 1.29 is 35.9 Å². The lowest BCUT2D eigenvalue weighted by atomic mass is 10.2. The summed E-state index contributed by atoms with van der Waals surface area (Å²) in [5.41, 5.74) is -1.29. The Balaban J connectivity index is 2.31. The Labute approximate surface area is 149 Å². The average molecular weight is 396 g/mol. The van der Waals surface area contributed by atoms with Crippen molar-refractivity contribution in [2.75, 3.05) is 38.7 Å². The van der Waals surface area contributed by atoms with Gasteiger partial charge in [0.15, 0.2) is 0 Å². The number of esters is 1. The van der Waals surface area contributed by atoms with Crippen LogP contribution in [0.15, 0.2) is 23.1 Å². The second-order valence-electron chi connectivity index (χ2n) is 5.64. The third kappa shape index (κ3) is 5.32. The molecule has 0 saturated carbocycles. The van der Waals surface area contributed by atoms with Crippen LogP contribution in [0.25, 0.3) is 0 Å². The Morgan fingerprint density at radius 1 is 1.38 bits per heavy atom. The van der Waals surface area contributed by atoms with Crippen LogP contribution in [0.3, 0.4) is 0 Å². The van der Waals surface area contributed by atoms with E-state index in [4.69, 9.17) is 4.74 Å². The summed E-state index contributed by atoms with van der Waals surface area (Å²) in [6, 6.07) is 2.35.